The third-order valence-electron chi connectivity index (χ3n) is 2.71. The minimum Gasteiger partial charge on any atom is -0.396 e. The molecule has 102 valence electrons. The number of aliphatic hydroxyl groups excluding tert-OH is 1. The van der Waals surface area contributed by atoms with E-state index in [1.807, 2.05) is 13.8 Å². The number of aromatic nitrogens is 2. The van der Waals surface area contributed by atoms with E-state index in [2.05, 4.69) is 20.7 Å². The maximum Gasteiger partial charge on any atom is 0.158 e. The smallest absolute Gasteiger partial charge is 0.158 e. The quantitative estimate of drug-likeness (QED) is 0.411. The fourth-order valence-corrected chi connectivity index (χ4v) is 1.37. The van der Waals surface area contributed by atoms with Crippen molar-refractivity contribution in [2.45, 2.75) is 26.5 Å². The van der Waals surface area contributed by atoms with E-state index in [1.54, 1.807) is 13.2 Å². The summed E-state index contributed by atoms with van der Waals surface area (Å²) < 4.78 is 4.99. The number of hydrogen-bond acceptors (Lipinski definition) is 7. The van der Waals surface area contributed by atoms with Gasteiger partial charge in [0.1, 0.15) is 18.2 Å². The highest BCUT2D eigenvalue weighted by Crippen LogP contribution is 2.14. The summed E-state index contributed by atoms with van der Waals surface area (Å²) in [6.45, 7) is 4.37. The number of anilines is 2. The Morgan fingerprint density at radius 1 is 1.39 bits per heavy atom. The first kappa shape index (κ1) is 14.6. The molecule has 0 aliphatic heterocycles. The van der Waals surface area contributed by atoms with Crippen molar-refractivity contribution in [2.75, 3.05) is 24.5 Å². The van der Waals surface area contributed by atoms with Crippen LogP contribution in [0.3, 0.4) is 0 Å². The number of hydrogen-bond donors (Lipinski definition) is 4. The van der Waals surface area contributed by atoms with Crippen LogP contribution in [-0.4, -0.2) is 34.8 Å². The molecule has 7 nitrogen and oxygen atoms in total. The molecule has 5 N–H and O–H groups in total. The first-order valence-electron chi connectivity index (χ1n) is 5.81. The van der Waals surface area contributed by atoms with E-state index in [9.17, 15) is 0 Å². The van der Waals surface area contributed by atoms with E-state index in [0.717, 1.165) is 0 Å². The van der Waals surface area contributed by atoms with Crippen LogP contribution in [0.15, 0.2) is 6.07 Å². The molecule has 0 saturated carbocycles. The number of nitrogens with zero attached hydrogens (tertiary/aromatic N) is 2. The average Bonchev–Trinajstić information content (AvgIpc) is 2.37. The Balaban J connectivity index is 2.83. The lowest BCUT2D eigenvalue weighted by atomic mass is 10.1. The predicted octanol–water partition coefficient (Wildman–Crippen LogP) is 0.337. The molecule has 0 spiro atoms. The molecule has 0 fully saturated rings. The van der Waals surface area contributed by atoms with Crippen molar-refractivity contribution in [2.24, 2.45) is 11.8 Å². The van der Waals surface area contributed by atoms with Gasteiger partial charge in [-0.25, -0.2) is 15.8 Å². The van der Waals surface area contributed by atoms with Crippen molar-refractivity contribution in [3.05, 3.63) is 11.9 Å². The highest BCUT2D eigenvalue weighted by Gasteiger charge is 2.12. The largest absolute Gasteiger partial charge is 0.396 e. The lowest BCUT2D eigenvalue weighted by molar-refractivity contribution is 0.178. The summed E-state index contributed by atoms with van der Waals surface area (Å²) in [5.74, 6) is 7.19. The second-order valence-corrected chi connectivity index (χ2v) is 4.22. The summed E-state index contributed by atoms with van der Waals surface area (Å²) in [5.41, 5.74) is 2.49. The second-order valence-electron chi connectivity index (χ2n) is 4.22. The van der Waals surface area contributed by atoms with Crippen molar-refractivity contribution in [1.82, 2.24) is 9.97 Å². The van der Waals surface area contributed by atoms with Crippen LogP contribution >= 0.6 is 0 Å². The predicted molar refractivity (Wildman–Crippen MR) is 69.9 cm³/mol. The molecule has 0 bridgehead atoms. The minimum atomic E-state index is 0.0888. The van der Waals surface area contributed by atoms with Crippen LogP contribution in [0, 0.1) is 5.92 Å². The maximum atomic E-state index is 9.10. The topological polar surface area (TPSA) is 105 Å². The Kier molecular flexibility index (Phi) is 5.76. The van der Waals surface area contributed by atoms with Gasteiger partial charge < -0.3 is 20.6 Å². The van der Waals surface area contributed by atoms with Crippen molar-refractivity contribution in [3.63, 3.8) is 0 Å². The summed E-state index contributed by atoms with van der Waals surface area (Å²) in [5, 5.41) is 12.3. The van der Waals surface area contributed by atoms with Crippen LogP contribution in [0.4, 0.5) is 11.6 Å². The van der Waals surface area contributed by atoms with Crippen LogP contribution in [0.25, 0.3) is 0 Å². The average molecular weight is 255 g/mol. The van der Waals surface area contributed by atoms with Crippen molar-refractivity contribution >= 4 is 11.6 Å². The zero-order valence-electron chi connectivity index (χ0n) is 11.0. The molecule has 0 aliphatic carbocycles. The summed E-state index contributed by atoms with van der Waals surface area (Å²) in [7, 11) is 1.58. The Morgan fingerprint density at radius 3 is 2.61 bits per heavy atom. The third kappa shape index (κ3) is 4.10. The van der Waals surface area contributed by atoms with Gasteiger partial charge >= 0.3 is 0 Å². The van der Waals surface area contributed by atoms with Gasteiger partial charge in [-0.15, -0.1) is 0 Å². The monoisotopic (exact) mass is 255 g/mol. The minimum absolute atomic E-state index is 0.0888. The number of rotatable bonds is 7. The number of nitrogens with one attached hydrogen (secondary N) is 2. The normalized spacial score (nSPS) is 14.1. The van der Waals surface area contributed by atoms with E-state index in [4.69, 9.17) is 15.7 Å². The number of aliphatic hydroxyl groups is 1. The van der Waals surface area contributed by atoms with Gasteiger partial charge in [-0.1, -0.05) is 6.92 Å². The molecule has 0 radical (unpaired) electrons. The lowest BCUT2D eigenvalue weighted by Gasteiger charge is -2.20. The van der Waals surface area contributed by atoms with Gasteiger partial charge in [-0.05, 0) is 12.8 Å². The molecule has 0 aromatic carbocycles. The zero-order chi connectivity index (χ0) is 13.5. The van der Waals surface area contributed by atoms with Gasteiger partial charge in [0.2, 0.25) is 0 Å². The Hall–Kier alpha value is -1.44. The van der Waals surface area contributed by atoms with E-state index >= 15 is 0 Å². The van der Waals surface area contributed by atoms with Gasteiger partial charge in [0, 0.05) is 25.8 Å². The fraction of sp³-hybridized carbons (Fsp3) is 0.636. The SMILES string of the molecule is COCc1nc(NN)cc(NC(C)C(C)CO)n1. The van der Waals surface area contributed by atoms with Crippen molar-refractivity contribution in [1.29, 1.82) is 0 Å². The fourth-order valence-electron chi connectivity index (χ4n) is 1.37. The van der Waals surface area contributed by atoms with Gasteiger partial charge in [0.15, 0.2) is 5.82 Å². The number of nitrogen functional groups attached to an aromatic ring is 1. The van der Waals surface area contributed by atoms with Crippen molar-refractivity contribution in [3.8, 4) is 0 Å². The number of hydrazine groups is 1. The maximum absolute atomic E-state index is 9.10. The lowest BCUT2D eigenvalue weighted by Crippen LogP contribution is -2.27. The third-order valence-corrected chi connectivity index (χ3v) is 2.71. The molecule has 0 saturated heterocycles. The molecule has 2 unspecified atom stereocenters. The Bertz CT molecular complexity index is 374. The molecule has 1 rings (SSSR count). The second kappa shape index (κ2) is 7.10. The Morgan fingerprint density at radius 2 is 2.06 bits per heavy atom. The summed E-state index contributed by atoms with van der Waals surface area (Å²) in [6, 6.07) is 1.80. The van der Waals surface area contributed by atoms with Gasteiger partial charge in [-0.3, -0.25) is 0 Å². The number of methoxy groups -OCH3 is 1. The van der Waals surface area contributed by atoms with Crippen LogP contribution in [0.5, 0.6) is 0 Å². The van der Waals surface area contributed by atoms with Crippen LogP contribution in [0.1, 0.15) is 19.7 Å². The van der Waals surface area contributed by atoms with Crippen LogP contribution in [-0.2, 0) is 11.3 Å². The van der Waals surface area contributed by atoms with E-state index in [1.165, 1.54) is 0 Å². The van der Waals surface area contributed by atoms with Gasteiger partial charge in [-0.2, -0.15) is 0 Å². The standard InChI is InChI=1S/C11H21N5O2/c1-7(5-17)8(2)13-9-4-10(16-12)15-11(14-9)6-18-3/h4,7-8,17H,5-6,12H2,1-3H3,(H2,13,14,15,16). The highest BCUT2D eigenvalue weighted by molar-refractivity contribution is 5.47. The van der Waals surface area contributed by atoms with E-state index in [-0.39, 0.29) is 18.6 Å². The van der Waals surface area contributed by atoms with Crippen LogP contribution < -0.4 is 16.6 Å². The summed E-state index contributed by atoms with van der Waals surface area (Å²) in [6.07, 6.45) is 0. The first-order valence-corrected chi connectivity index (χ1v) is 5.81. The molecule has 2 atom stereocenters. The molecule has 1 aromatic rings. The van der Waals surface area contributed by atoms with Crippen LogP contribution in [0.2, 0.25) is 0 Å². The summed E-state index contributed by atoms with van der Waals surface area (Å²) >= 11 is 0. The number of ether oxygens (including phenoxy) is 1. The molecule has 1 heterocycles. The van der Waals surface area contributed by atoms with E-state index < -0.39 is 0 Å². The molecular formula is C11H21N5O2. The van der Waals surface area contributed by atoms with Gasteiger partial charge in [0.25, 0.3) is 0 Å². The first-order chi connectivity index (χ1) is 8.60. The molecule has 0 aliphatic rings. The molecular weight excluding hydrogens is 234 g/mol. The Labute approximate surface area is 107 Å². The molecule has 7 heteroatoms. The van der Waals surface area contributed by atoms with Gasteiger partial charge in [0.05, 0.1) is 0 Å². The van der Waals surface area contributed by atoms with E-state index in [0.29, 0.717) is 24.1 Å². The molecule has 0 amide bonds. The highest BCUT2D eigenvalue weighted by atomic mass is 16.5. The summed E-state index contributed by atoms with van der Waals surface area (Å²) in [4.78, 5) is 8.46. The molecule has 18 heavy (non-hydrogen) atoms. The number of nitrogens with two attached hydrogens (primary N) is 1. The molecule has 1 aromatic heterocycles. The van der Waals surface area contributed by atoms with Crippen molar-refractivity contribution < 1.29 is 9.84 Å². The zero-order valence-corrected chi connectivity index (χ0v) is 11.0.